The standard InChI is InChI=1S/C19H16BrN3S2/c1-12-5-4-6-13(11-12)23-18(15-8-9-16(20)25-15)17(22-19(23)24)14-7-2-3-10-21-14/h2-11,17-18H,1H3,(H,22,24)/t17-,18+/m0/s1. The highest BCUT2D eigenvalue weighted by Gasteiger charge is 2.41. The number of pyridine rings is 1. The van der Waals surface area contributed by atoms with E-state index in [4.69, 9.17) is 12.2 Å². The molecule has 1 aliphatic rings. The Morgan fingerprint density at radius 2 is 2.04 bits per heavy atom. The lowest BCUT2D eigenvalue weighted by Gasteiger charge is -2.27. The van der Waals surface area contributed by atoms with Crippen molar-refractivity contribution < 1.29 is 0 Å². The van der Waals surface area contributed by atoms with Gasteiger partial charge in [-0.25, -0.2) is 0 Å². The molecule has 1 N–H and O–H groups in total. The van der Waals surface area contributed by atoms with E-state index in [1.165, 1.54) is 10.4 Å². The van der Waals surface area contributed by atoms with Gasteiger partial charge in [0.25, 0.3) is 0 Å². The Hall–Kier alpha value is -1.76. The predicted molar refractivity (Wildman–Crippen MR) is 111 cm³/mol. The van der Waals surface area contributed by atoms with Gasteiger partial charge in [0.2, 0.25) is 0 Å². The van der Waals surface area contributed by atoms with Crippen LogP contribution in [-0.4, -0.2) is 10.1 Å². The van der Waals surface area contributed by atoms with Gasteiger partial charge in [-0.3, -0.25) is 4.98 Å². The molecule has 0 unspecified atom stereocenters. The van der Waals surface area contributed by atoms with Crippen LogP contribution in [0.25, 0.3) is 0 Å². The topological polar surface area (TPSA) is 28.2 Å². The number of anilines is 1. The van der Waals surface area contributed by atoms with Crippen LogP contribution in [0.1, 0.15) is 28.2 Å². The number of benzene rings is 1. The second kappa shape index (κ2) is 6.86. The van der Waals surface area contributed by atoms with Gasteiger partial charge in [-0.2, -0.15) is 0 Å². The molecule has 3 nitrogen and oxygen atoms in total. The van der Waals surface area contributed by atoms with Crippen LogP contribution >= 0.6 is 39.5 Å². The molecule has 1 saturated heterocycles. The molecule has 4 rings (SSSR count). The maximum absolute atomic E-state index is 5.71. The van der Waals surface area contributed by atoms with Gasteiger partial charge in [0.05, 0.1) is 21.6 Å². The zero-order valence-corrected chi connectivity index (χ0v) is 16.7. The average molecular weight is 430 g/mol. The fraction of sp³-hybridized carbons (Fsp3) is 0.158. The highest BCUT2D eigenvalue weighted by Crippen LogP contribution is 2.44. The Kier molecular flexibility index (Phi) is 4.58. The van der Waals surface area contributed by atoms with Gasteiger partial charge in [-0.15, -0.1) is 11.3 Å². The van der Waals surface area contributed by atoms with Crippen LogP contribution in [0.15, 0.2) is 64.6 Å². The summed E-state index contributed by atoms with van der Waals surface area (Å²) in [5.74, 6) is 0. The summed E-state index contributed by atoms with van der Waals surface area (Å²) in [7, 11) is 0. The number of rotatable bonds is 3. The summed E-state index contributed by atoms with van der Waals surface area (Å²) in [4.78, 5) is 8.02. The van der Waals surface area contributed by atoms with Crippen LogP contribution in [0.4, 0.5) is 5.69 Å². The maximum atomic E-state index is 5.71. The molecule has 0 spiro atoms. The maximum Gasteiger partial charge on any atom is 0.174 e. The molecular formula is C19H16BrN3S2. The number of thiophene rings is 1. The Balaban J connectivity index is 1.83. The van der Waals surface area contributed by atoms with E-state index in [1.807, 2.05) is 18.3 Å². The number of thiocarbonyl (C=S) groups is 1. The molecule has 0 amide bonds. The first-order chi connectivity index (χ1) is 12.1. The number of nitrogens with zero attached hydrogens (tertiary/aromatic N) is 2. The minimum Gasteiger partial charge on any atom is -0.351 e. The van der Waals surface area contributed by atoms with Gasteiger partial charge in [0.1, 0.15) is 0 Å². The van der Waals surface area contributed by atoms with Crippen molar-refractivity contribution in [3.05, 3.63) is 80.7 Å². The summed E-state index contributed by atoms with van der Waals surface area (Å²) in [5.41, 5.74) is 3.31. The van der Waals surface area contributed by atoms with E-state index < -0.39 is 0 Å². The van der Waals surface area contributed by atoms with Gasteiger partial charge in [0.15, 0.2) is 5.11 Å². The minimum atomic E-state index is 0.0137. The third kappa shape index (κ3) is 3.21. The molecule has 25 heavy (non-hydrogen) atoms. The van der Waals surface area contributed by atoms with E-state index in [-0.39, 0.29) is 12.1 Å². The number of hydrogen-bond donors (Lipinski definition) is 1. The Morgan fingerprint density at radius 1 is 1.16 bits per heavy atom. The molecule has 1 fully saturated rings. The fourth-order valence-electron chi connectivity index (χ4n) is 3.19. The van der Waals surface area contributed by atoms with E-state index in [1.54, 1.807) is 11.3 Å². The van der Waals surface area contributed by atoms with Crippen LogP contribution in [-0.2, 0) is 0 Å². The Bertz CT molecular complexity index is 910. The highest BCUT2D eigenvalue weighted by molar-refractivity contribution is 9.11. The number of aryl methyl sites for hydroxylation is 1. The third-order valence-corrected chi connectivity index (χ3v) is 6.27. The summed E-state index contributed by atoms with van der Waals surface area (Å²) < 4.78 is 1.12. The van der Waals surface area contributed by atoms with E-state index >= 15 is 0 Å². The lowest BCUT2D eigenvalue weighted by atomic mass is 10.0. The summed E-state index contributed by atoms with van der Waals surface area (Å²) in [5, 5.41) is 4.21. The molecule has 1 aliphatic heterocycles. The van der Waals surface area contributed by atoms with Gasteiger partial charge < -0.3 is 10.2 Å². The summed E-state index contributed by atoms with van der Waals surface area (Å²) in [6, 6.07) is 18.8. The quantitative estimate of drug-likeness (QED) is 0.564. The lowest BCUT2D eigenvalue weighted by molar-refractivity contribution is 0.575. The first-order valence-electron chi connectivity index (χ1n) is 7.96. The van der Waals surface area contributed by atoms with E-state index in [9.17, 15) is 0 Å². The summed E-state index contributed by atoms with van der Waals surface area (Å²) in [6.45, 7) is 2.10. The van der Waals surface area contributed by atoms with Crippen molar-refractivity contribution in [1.82, 2.24) is 10.3 Å². The smallest absolute Gasteiger partial charge is 0.174 e. The van der Waals surface area contributed by atoms with E-state index in [0.29, 0.717) is 0 Å². The van der Waals surface area contributed by atoms with E-state index in [2.05, 4.69) is 80.5 Å². The molecule has 6 heteroatoms. The molecule has 126 valence electrons. The third-order valence-electron chi connectivity index (χ3n) is 4.26. The van der Waals surface area contributed by atoms with Gasteiger partial charge in [-0.1, -0.05) is 18.2 Å². The van der Waals surface area contributed by atoms with Crippen molar-refractivity contribution in [1.29, 1.82) is 0 Å². The van der Waals surface area contributed by atoms with Gasteiger partial charge >= 0.3 is 0 Å². The van der Waals surface area contributed by atoms with Crippen LogP contribution in [0, 0.1) is 6.92 Å². The van der Waals surface area contributed by atoms with Crippen molar-refractivity contribution in [3.8, 4) is 0 Å². The van der Waals surface area contributed by atoms with Crippen LogP contribution in [0.2, 0.25) is 0 Å². The highest BCUT2D eigenvalue weighted by atomic mass is 79.9. The molecule has 0 bridgehead atoms. The van der Waals surface area contributed by atoms with E-state index in [0.717, 1.165) is 20.3 Å². The molecule has 1 aromatic carbocycles. The second-order valence-electron chi connectivity index (χ2n) is 5.98. The number of hydrogen-bond acceptors (Lipinski definition) is 3. The molecular weight excluding hydrogens is 414 g/mol. The van der Waals surface area contributed by atoms with Crippen molar-refractivity contribution in [2.24, 2.45) is 0 Å². The Labute approximate surface area is 164 Å². The van der Waals surface area contributed by atoms with Crippen LogP contribution in [0.5, 0.6) is 0 Å². The average Bonchev–Trinajstić information content (AvgIpc) is 3.18. The SMILES string of the molecule is Cc1cccc(N2C(=S)N[C@@H](c3ccccn3)[C@H]2c2ccc(Br)s2)c1. The predicted octanol–water partition coefficient (Wildman–Crippen LogP) is 5.39. The molecule has 0 radical (unpaired) electrons. The second-order valence-corrected chi connectivity index (χ2v) is 8.86. The first kappa shape index (κ1) is 16.7. The monoisotopic (exact) mass is 429 g/mol. The van der Waals surface area contributed by atoms with Crippen molar-refractivity contribution >= 4 is 50.3 Å². The van der Waals surface area contributed by atoms with Gasteiger partial charge in [-0.05, 0) is 77.0 Å². The van der Waals surface area contributed by atoms with Crippen LogP contribution in [0.3, 0.4) is 0 Å². The first-order valence-corrected chi connectivity index (χ1v) is 9.98. The largest absolute Gasteiger partial charge is 0.351 e. The molecule has 0 saturated carbocycles. The van der Waals surface area contributed by atoms with Crippen molar-refractivity contribution in [3.63, 3.8) is 0 Å². The molecule has 3 heterocycles. The number of halogens is 1. The number of aromatic nitrogens is 1. The number of nitrogens with one attached hydrogen (secondary N) is 1. The van der Waals surface area contributed by atoms with Crippen molar-refractivity contribution in [2.75, 3.05) is 4.90 Å². The minimum absolute atomic E-state index is 0.0137. The summed E-state index contributed by atoms with van der Waals surface area (Å²) in [6.07, 6.45) is 1.83. The molecule has 2 aromatic heterocycles. The zero-order chi connectivity index (χ0) is 17.4. The normalized spacial score (nSPS) is 19.9. The van der Waals surface area contributed by atoms with Crippen molar-refractivity contribution in [2.45, 2.75) is 19.0 Å². The fourth-order valence-corrected chi connectivity index (χ4v) is 5.09. The Morgan fingerprint density at radius 3 is 2.72 bits per heavy atom. The van der Waals surface area contributed by atoms with Crippen LogP contribution < -0.4 is 10.2 Å². The molecule has 3 aromatic rings. The molecule has 2 atom stereocenters. The zero-order valence-electron chi connectivity index (χ0n) is 13.5. The summed E-state index contributed by atoms with van der Waals surface area (Å²) >= 11 is 11.0. The van der Waals surface area contributed by atoms with Gasteiger partial charge in [0, 0.05) is 16.8 Å². The lowest BCUT2D eigenvalue weighted by Crippen LogP contribution is -2.29. The molecule has 0 aliphatic carbocycles.